The molecule has 0 spiro atoms. The van der Waals surface area contributed by atoms with Crippen LogP contribution in [0.5, 0.6) is 0 Å². The van der Waals surface area contributed by atoms with Crippen molar-refractivity contribution in [1.82, 2.24) is 15.1 Å². The van der Waals surface area contributed by atoms with Crippen LogP contribution >= 0.6 is 22.9 Å². The number of aromatic nitrogens is 2. The third-order valence-corrected chi connectivity index (χ3v) is 5.49. The maximum atomic E-state index is 12.3. The fourth-order valence-corrected chi connectivity index (χ4v) is 3.81. The van der Waals surface area contributed by atoms with Crippen molar-refractivity contribution in [3.8, 4) is 0 Å². The average Bonchev–Trinajstić information content (AvgIpc) is 3.42. The molecule has 3 heterocycles. The largest absolute Gasteiger partial charge is 0.382 e. The van der Waals surface area contributed by atoms with Crippen molar-refractivity contribution in [2.45, 2.75) is 25.6 Å². The zero-order chi connectivity index (χ0) is 18.6. The summed E-state index contributed by atoms with van der Waals surface area (Å²) in [5.74, 6) is -0.169. The highest BCUT2D eigenvalue weighted by Crippen LogP contribution is 2.26. The molecular weight excluding hydrogens is 384 g/mol. The highest BCUT2D eigenvalue weighted by atomic mass is 35.5. The van der Waals surface area contributed by atoms with E-state index in [2.05, 4.69) is 15.6 Å². The van der Waals surface area contributed by atoms with Gasteiger partial charge in [-0.3, -0.25) is 9.48 Å². The number of nitrogens with one attached hydrogen (secondary N) is 1. The van der Waals surface area contributed by atoms with Gasteiger partial charge in [-0.05, 0) is 29.3 Å². The van der Waals surface area contributed by atoms with E-state index in [1.54, 1.807) is 6.20 Å². The van der Waals surface area contributed by atoms with Crippen molar-refractivity contribution in [3.05, 3.63) is 75.2 Å². The van der Waals surface area contributed by atoms with Gasteiger partial charge in [-0.1, -0.05) is 41.0 Å². The third kappa shape index (κ3) is 4.37. The van der Waals surface area contributed by atoms with E-state index < -0.39 is 6.10 Å². The molecule has 0 radical (unpaired) electrons. The summed E-state index contributed by atoms with van der Waals surface area (Å²) in [5.41, 5.74) is 2.94. The number of benzene rings is 1. The Bertz CT molecular complexity index is 951. The van der Waals surface area contributed by atoms with Crippen LogP contribution in [0.25, 0.3) is 0 Å². The molecule has 1 aromatic carbocycles. The lowest BCUT2D eigenvalue weighted by Crippen LogP contribution is -2.34. The van der Waals surface area contributed by atoms with Gasteiger partial charge in [0.1, 0.15) is 5.71 Å². The Morgan fingerprint density at radius 3 is 2.78 bits per heavy atom. The van der Waals surface area contributed by atoms with E-state index in [0.29, 0.717) is 17.3 Å². The van der Waals surface area contributed by atoms with Crippen LogP contribution in [0.1, 0.15) is 22.4 Å². The Morgan fingerprint density at radius 2 is 2.07 bits per heavy atom. The Hall–Kier alpha value is -2.64. The smallest absolute Gasteiger partial charge is 0.264 e. The highest BCUT2D eigenvalue weighted by Gasteiger charge is 2.29. The molecule has 1 aliphatic rings. The Morgan fingerprint density at radius 1 is 1.26 bits per heavy atom. The van der Waals surface area contributed by atoms with Crippen molar-refractivity contribution < 1.29 is 9.63 Å². The fourth-order valence-electron chi connectivity index (χ4n) is 2.78. The number of amides is 1. The Labute approximate surface area is 165 Å². The maximum absolute atomic E-state index is 12.3. The Kier molecular flexibility index (Phi) is 5.22. The lowest BCUT2D eigenvalue weighted by atomic mass is 10.1. The van der Waals surface area contributed by atoms with Gasteiger partial charge in [-0.15, -0.1) is 11.3 Å². The second-order valence-electron chi connectivity index (χ2n) is 6.18. The first-order valence-corrected chi connectivity index (χ1v) is 9.68. The molecule has 1 unspecified atom stereocenters. The normalized spacial score (nSPS) is 16.0. The van der Waals surface area contributed by atoms with E-state index in [4.69, 9.17) is 16.4 Å². The minimum Gasteiger partial charge on any atom is -0.382 e. The molecule has 3 aromatic rings. The van der Waals surface area contributed by atoms with Crippen molar-refractivity contribution in [2.24, 2.45) is 5.16 Å². The molecule has 6 nitrogen and oxygen atoms in total. The van der Waals surface area contributed by atoms with Gasteiger partial charge in [-0.2, -0.15) is 5.10 Å². The molecule has 27 heavy (non-hydrogen) atoms. The first-order chi connectivity index (χ1) is 13.2. The molecule has 0 saturated heterocycles. The van der Waals surface area contributed by atoms with Gasteiger partial charge < -0.3 is 10.2 Å². The third-order valence-electron chi connectivity index (χ3n) is 4.21. The van der Waals surface area contributed by atoms with Gasteiger partial charge in [0.05, 0.1) is 15.8 Å². The lowest BCUT2D eigenvalue weighted by molar-refractivity contribution is -0.131. The number of oxime groups is 1. The van der Waals surface area contributed by atoms with Crippen LogP contribution in [0.4, 0.5) is 0 Å². The lowest BCUT2D eigenvalue weighted by Gasteiger charge is -2.10. The van der Waals surface area contributed by atoms with Crippen LogP contribution in [0.2, 0.25) is 4.34 Å². The molecule has 1 atom stereocenters. The molecule has 138 valence electrons. The predicted octanol–water partition coefficient (Wildman–Crippen LogP) is 3.46. The van der Waals surface area contributed by atoms with Crippen LogP contribution < -0.4 is 5.32 Å². The molecule has 0 aliphatic carbocycles. The van der Waals surface area contributed by atoms with Crippen LogP contribution in [-0.4, -0.2) is 27.5 Å². The Balaban J connectivity index is 1.27. The minimum absolute atomic E-state index is 0.169. The van der Waals surface area contributed by atoms with Gasteiger partial charge in [0.25, 0.3) is 5.91 Å². The van der Waals surface area contributed by atoms with E-state index in [-0.39, 0.29) is 5.91 Å². The summed E-state index contributed by atoms with van der Waals surface area (Å²) >= 11 is 7.37. The number of carbonyl (C=O) groups is 1. The number of halogens is 1. The van der Waals surface area contributed by atoms with Gasteiger partial charge in [0, 0.05) is 25.4 Å². The molecule has 8 heteroatoms. The second-order valence-corrected chi connectivity index (χ2v) is 7.89. The number of rotatable bonds is 6. The van der Waals surface area contributed by atoms with Gasteiger partial charge in [0.15, 0.2) is 0 Å². The molecule has 1 aliphatic heterocycles. The predicted molar refractivity (Wildman–Crippen MR) is 105 cm³/mol. The van der Waals surface area contributed by atoms with Crippen LogP contribution in [0.15, 0.2) is 60.0 Å². The summed E-state index contributed by atoms with van der Waals surface area (Å²) in [7, 11) is 0. The van der Waals surface area contributed by atoms with E-state index in [9.17, 15) is 4.79 Å². The van der Waals surface area contributed by atoms with E-state index in [1.807, 2.05) is 53.3 Å². The zero-order valence-electron chi connectivity index (χ0n) is 14.3. The summed E-state index contributed by atoms with van der Waals surface area (Å²) in [6, 6.07) is 13.7. The highest BCUT2D eigenvalue weighted by molar-refractivity contribution is 7.18. The molecular formula is C19H17ClN4O2S. The van der Waals surface area contributed by atoms with Crippen molar-refractivity contribution in [1.29, 1.82) is 0 Å². The first-order valence-electron chi connectivity index (χ1n) is 8.49. The van der Waals surface area contributed by atoms with Crippen LogP contribution in [0.3, 0.4) is 0 Å². The quantitative estimate of drug-likeness (QED) is 0.689. The topological polar surface area (TPSA) is 68.5 Å². The number of hydrogen-bond donors (Lipinski definition) is 1. The number of thiophene rings is 1. The molecule has 0 bridgehead atoms. The van der Waals surface area contributed by atoms with Crippen molar-refractivity contribution in [2.75, 3.05) is 0 Å². The summed E-state index contributed by atoms with van der Waals surface area (Å²) in [4.78, 5) is 18.6. The zero-order valence-corrected chi connectivity index (χ0v) is 15.9. The van der Waals surface area contributed by atoms with E-state index >= 15 is 0 Å². The first kappa shape index (κ1) is 17.8. The second kappa shape index (κ2) is 7.94. The molecule has 4 rings (SSSR count). The van der Waals surface area contributed by atoms with Gasteiger partial charge in [0.2, 0.25) is 6.10 Å². The summed E-state index contributed by atoms with van der Waals surface area (Å²) < 4.78 is 2.56. The van der Waals surface area contributed by atoms with Crippen molar-refractivity contribution in [3.63, 3.8) is 0 Å². The maximum Gasteiger partial charge on any atom is 0.264 e. The number of hydrogen-bond acceptors (Lipinski definition) is 5. The SMILES string of the molecule is O=C(NCc1ccc(Cn2cccn2)cc1)C1CC(c2ccc(Cl)s2)=NO1. The molecule has 0 fully saturated rings. The average molecular weight is 401 g/mol. The summed E-state index contributed by atoms with van der Waals surface area (Å²) in [5, 5.41) is 11.1. The standard InChI is InChI=1S/C19H17ClN4O2S/c20-18-7-6-17(27-18)15-10-16(26-23-15)19(25)21-11-13-2-4-14(5-3-13)12-24-9-1-8-22-24/h1-9,16H,10-12H2,(H,21,25). The summed E-state index contributed by atoms with van der Waals surface area (Å²) in [6.45, 7) is 1.17. The van der Waals surface area contributed by atoms with Crippen LogP contribution in [0, 0.1) is 0 Å². The number of nitrogens with zero attached hydrogens (tertiary/aromatic N) is 3. The monoisotopic (exact) mass is 400 g/mol. The van der Waals surface area contributed by atoms with Gasteiger partial charge in [-0.25, -0.2) is 0 Å². The molecule has 0 saturated carbocycles. The molecule has 1 amide bonds. The fraction of sp³-hybridized carbons (Fsp3) is 0.211. The van der Waals surface area contributed by atoms with Crippen molar-refractivity contribution >= 4 is 34.6 Å². The van der Waals surface area contributed by atoms with E-state index in [0.717, 1.165) is 28.3 Å². The minimum atomic E-state index is -0.597. The molecule has 1 N–H and O–H groups in total. The number of carbonyl (C=O) groups excluding carboxylic acids is 1. The van der Waals surface area contributed by atoms with E-state index in [1.165, 1.54) is 11.3 Å². The van der Waals surface area contributed by atoms with Crippen LogP contribution in [-0.2, 0) is 22.7 Å². The molecule has 2 aromatic heterocycles. The van der Waals surface area contributed by atoms with Gasteiger partial charge >= 0.3 is 0 Å². The summed E-state index contributed by atoms with van der Waals surface area (Å²) in [6.07, 6.45) is 3.54.